The molecule has 1 aliphatic carbocycles. The molecule has 0 bridgehead atoms. The zero-order valence-electron chi connectivity index (χ0n) is 11.1. The van der Waals surface area contributed by atoms with E-state index in [9.17, 15) is 4.79 Å². The van der Waals surface area contributed by atoms with Crippen LogP contribution in [0.1, 0.15) is 24.1 Å². The molecule has 1 atom stereocenters. The Hall–Kier alpha value is -1.14. The average molecular weight is 281 g/mol. The number of anilines is 1. The molecule has 1 aromatic heterocycles. The Morgan fingerprint density at radius 2 is 2.42 bits per heavy atom. The maximum atomic E-state index is 12.0. The van der Waals surface area contributed by atoms with Crippen molar-refractivity contribution in [1.82, 2.24) is 9.88 Å². The Labute approximate surface area is 117 Å². The van der Waals surface area contributed by atoms with Crippen LogP contribution >= 0.6 is 11.3 Å². The lowest BCUT2D eigenvalue weighted by Crippen LogP contribution is -2.34. The summed E-state index contributed by atoms with van der Waals surface area (Å²) in [5, 5.41) is 3.51. The third kappa shape index (κ3) is 3.45. The number of rotatable bonds is 4. The van der Waals surface area contributed by atoms with Crippen molar-refractivity contribution >= 4 is 22.5 Å². The average Bonchev–Trinajstić information content (AvgIpc) is 2.94. The molecule has 1 saturated carbocycles. The zero-order valence-corrected chi connectivity index (χ0v) is 11.9. The summed E-state index contributed by atoms with van der Waals surface area (Å²) in [4.78, 5) is 19.1. The molecule has 0 spiro atoms. The second kappa shape index (κ2) is 5.46. The number of likely N-dealkylation sites (tertiary alicyclic amines) is 1. The summed E-state index contributed by atoms with van der Waals surface area (Å²) in [5.74, 6) is 0.779. The van der Waals surface area contributed by atoms with Crippen molar-refractivity contribution in [2.45, 2.75) is 32.3 Å². The molecule has 2 heterocycles. The Morgan fingerprint density at radius 1 is 1.58 bits per heavy atom. The van der Waals surface area contributed by atoms with Gasteiger partial charge >= 0.3 is 6.03 Å². The highest BCUT2D eigenvalue weighted by Crippen LogP contribution is 2.30. The third-order valence-corrected chi connectivity index (χ3v) is 4.36. The van der Waals surface area contributed by atoms with Gasteiger partial charge in [0.2, 0.25) is 0 Å². The van der Waals surface area contributed by atoms with Crippen LogP contribution in [0.2, 0.25) is 0 Å². The molecule has 3 rings (SSSR count). The largest absolute Gasteiger partial charge is 0.376 e. The molecule has 1 saturated heterocycles. The van der Waals surface area contributed by atoms with E-state index in [1.54, 1.807) is 6.20 Å². The topological polar surface area (TPSA) is 54.5 Å². The number of ether oxygens (including phenoxy) is 1. The molecule has 1 aliphatic heterocycles. The Bertz CT molecular complexity index is 458. The molecule has 0 radical (unpaired) electrons. The van der Waals surface area contributed by atoms with E-state index in [1.165, 1.54) is 24.2 Å². The maximum absolute atomic E-state index is 12.0. The number of aryl methyl sites for hydroxylation is 1. The van der Waals surface area contributed by atoms with E-state index in [0.717, 1.165) is 30.4 Å². The standard InChI is InChI=1S/C13H19N3O2S/c1-9-6-14-12(19-9)15-13(17)16-5-4-11(7-16)18-8-10-2-3-10/h6,10-11H,2-5,7-8H2,1H3,(H,14,15,17). The van der Waals surface area contributed by atoms with Crippen molar-refractivity contribution in [1.29, 1.82) is 0 Å². The third-order valence-electron chi connectivity index (χ3n) is 3.53. The summed E-state index contributed by atoms with van der Waals surface area (Å²) in [6, 6.07) is -0.0631. The van der Waals surface area contributed by atoms with E-state index in [2.05, 4.69) is 10.3 Å². The highest BCUT2D eigenvalue weighted by atomic mass is 32.1. The molecule has 1 aromatic rings. The summed E-state index contributed by atoms with van der Waals surface area (Å²) in [5.41, 5.74) is 0. The fourth-order valence-electron chi connectivity index (χ4n) is 2.19. The SMILES string of the molecule is Cc1cnc(NC(=O)N2CCC(OCC3CC3)C2)s1. The number of amides is 2. The van der Waals surface area contributed by atoms with E-state index >= 15 is 0 Å². The molecule has 1 N–H and O–H groups in total. The van der Waals surface area contributed by atoms with Crippen LogP contribution in [0.25, 0.3) is 0 Å². The fraction of sp³-hybridized carbons (Fsp3) is 0.692. The number of thiazole rings is 1. The van der Waals surface area contributed by atoms with Gasteiger partial charge in [0.15, 0.2) is 5.13 Å². The van der Waals surface area contributed by atoms with E-state index in [1.807, 2.05) is 11.8 Å². The first kappa shape index (κ1) is 12.9. The van der Waals surface area contributed by atoms with Gasteiger partial charge in [0.05, 0.1) is 6.10 Å². The van der Waals surface area contributed by atoms with Crippen molar-refractivity contribution in [2.75, 3.05) is 25.0 Å². The number of carbonyl (C=O) groups excluding carboxylic acids is 1. The number of nitrogens with one attached hydrogen (secondary N) is 1. The summed E-state index contributed by atoms with van der Waals surface area (Å²) in [7, 11) is 0. The first-order chi connectivity index (χ1) is 9.20. The summed E-state index contributed by atoms with van der Waals surface area (Å²) >= 11 is 1.50. The van der Waals surface area contributed by atoms with Gasteiger partial charge in [0.1, 0.15) is 0 Å². The first-order valence-corrected chi connectivity index (χ1v) is 7.62. The lowest BCUT2D eigenvalue weighted by atomic mass is 10.3. The number of aromatic nitrogens is 1. The fourth-order valence-corrected chi connectivity index (χ4v) is 2.84. The Kier molecular flexibility index (Phi) is 3.70. The molecule has 19 heavy (non-hydrogen) atoms. The quantitative estimate of drug-likeness (QED) is 0.922. The van der Waals surface area contributed by atoms with Gasteiger partial charge in [-0.05, 0) is 32.1 Å². The molecule has 5 nitrogen and oxygen atoms in total. The minimum absolute atomic E-state index is 0.0631. The highest BCUT2D eigenvalue weighted by Gasteiger charge is 2.29. The Balaban J connectivity index is 1.45. The van der Waals surface area contributed by atoms with Crippen LogP contribution in [0, 0.1) is 12.8 Å². The number of hydrogen-bond donors (Lipinski definition) is 1. The molecule has 104 valence electrons. The maximum Gasteiger partial charge on any atom is 0.323 e. The summed E-state index contributed by atoms with van der Waals surface area (Å²) in [6.45, 7) is 4.31. The molecular formula is C13H19N3O2S. The van der Waals surface area contributed by atoms with Gasteiger partial charge in [0, 0.05) is 30.8 Å². The van der Waals surface area contributed by atoms with Crippen LogP contribution in [0.3, 0.4) is 0 Å². The number of hydrogen-bond acceptors (Lipinski definition) is 4. The van der Waals surface area contributed by atoms with Crippen LogP contribution < -0.4 is 5.32 Å². The smallest absolute Gasteiger partial charge is 0.323 e. The second-order valence-corrected chi connectivity index (χ2v) is 6.57. The van der Waals surface area contributed by atoms with Crippen molar-refractivity contribution in [3.63, 3.8) is 0 Å². The van der Waals surface area contributed by atoms with Gasteiger partial charge < -0.3 is 9.64 Å². The number of urea groups is 1. The molecule has 1 unspecified atom stereocenters. The van der Waals surface area contributed by atoms with E-state index in [0.29, 0.717) is 11.7 Å². The van der Waals surface area contributed by atoms with Gasteiger partial charge in [-0.15, -0.1) is 11.3 Å². The molecule has 2 amide bonds. The van der Waals surface area contributed by atoms with Gasteiger partial charge in [-0.2, -0.15) is 0 Å². The number of nitrogens with zero attached hydrogens (tertiary/aromatic N) is 2. The molecule has 6 heteroatoms. The minimum Gasteiger partial charge on any atom is -0.376 e. The van der Waals surface area contributed by atoms with E-state index in [4.69, 9.17) is 4.74 Å². The highest BCUT2D eigenvalue weighted by molar-refractivity contribution is 7.15. The van der Waals surface area contributed by atoms with Gasteiger partial charge in [0.25, 0.3) is 0 Å². The monoisotopic (exact) mass is 281 g/mol. The van der Waals surface area contributed by atoms with E-state index < -0.39 is 0 Å². The van der Waals surface area contributed by atoms with Crippen LogP contribution in [0.5, 0.6) is 0 Å². The summed E-state index contributed by atoms with van der Waals surface area (Å²) in [6.07, 6.45) is 5.54. The Morgan fingerprint density at radius 3 is 3.11 bits per heavy atom. The number of carbonyl (C=O) groups is 1. The van der Waals surface area contributed by atoms with Crippen molar-refractivity contribution < 1.29 is 9.53 Å². The predicted molar refractivity (Wildman–Crippen MR) is 74.5 cm³/mol. The predicted octanol–water partition coefficient (Wildman–Crippen LogP) is 2.48. The van der Waals surface area contributed by atoms with Crippen LogP contribution in [-0.4, -0.2) is 41.7 Å². The second-order valence-electron chi connectivity index (χ2n) is 5.34. The molecule has 0 aromatic carbocycles. The van der Waals surface area contributed by atoms with Crippen LogP contribution in [0.4, 0.5) is 9.93 Å². The van der Waals surface area contributed by atoms with Crippen molar-refractivity contribution in [3.05, 3.63) is 11.1 Å². The van der Waals surface area contributed by atoms with E-state index in [-0.39, 0.29) is 12.1 Å². The van der Waals surface area contributed by atoms with Crippen molar-refractivity contribution in [3.8, 4) is 0 Å². The zero-order chi connectivity index (χ0) is 13.2. The van der Waals surface area contributed by atoms with Gasteiger partial charge in [-0.1, -0.05) is 0 Å². The van der Waals surface area contributed by atoms with Gasteiger partial charge in [-0.25, -0.2) is 9.78 Å². The molecule has 2 fully saturated rings. The van der Waals surface area contributed by atoms with Gasteiger partial charge in [-0.3, -0.25) is 5.32 Å². The van der Waals surface area contributed by atoms with Crippen molar-refractivity contribution in [2.24, 2.45) is 5.92 Å². The minimum atomic E-state index is -0.0631. The molecular weight excluding hydrogens is 262 g/mol. The molecule has 2 aliphatic rings. The lowest BCUT2D eigenvalue weighted by molar-refractivity contribution is 0.0543. The normalized spacial score (nSPS) is 22.8. The first-order valence-electron chi connectivity index (χ1n) is 6.80. The summed E-state index contributed by atoms with van der Waals surface area (Å²) < 4.78 is 5.83. The van der Waals surface area contributed by atoms with Crippen LogP contribution in [0.15, 0.2) is 6.20 Å². The van der Waals surface area contributed by atoms with Crippen LogP contribution in [-0.2, 0) is 4.74 Å². The lowest BCUT2D eigenvalue weighted by Gasteiger charge is -2.16.